The summed E-state index contributed by atoms with van der Waals surface area (Å²) in [5.41, 5.74) is 2.21. The highest BCUT2D eigenvalue weighted by atomic mass is 32.2. The minimum atomic E-state index is -3.21. The molecule has 2 aliphatic rings. The molecule has 6 nitrogen and oxygen atoms in total. The summed E-state index contributed by atoms with van der Waals surface area (Å²) in [5.74, 6) is 1.88. The molecule has 1 aliphatic heterocycles. The highest BCUT2D eigenvalue weighted by molar-refractivity contribution is 7.90. The van der Waals surface area contributed by atoms with Crippen molar-refractivity contribution in [3.8, 4) is 0 Å². The molecule has 2 aromatic rings. The lowest BCUT2D eigenvalue weighted by Crippen LogP contribution is -2.56. The number of aromatic nitrogens is 2. The quantitative estimate of drug-likeness (QED) is 0.768. The Bertz CT molecular complexity index is 939. The van der Waals surface area contributed by atoms with Crippen LogP contribution in [0.5, 0.6) is 0 Å². The maximum absolute atomic E-state index is 11.9. The van der Waals surface area contributed by atoms with E-state index in [0.29, 0.717) is 16.7 Å². The monoisotopic (exact) mass is 400 g/mol. The molecule has 4 rings (SSSR count). The van der Waals surface area contributed by atoms with Crippen molar-refractivity contribution in [2.75, 3.05) is 35.7 Å². The molecule has 2 fully saturated rings. The lowest BCUT2D eigenvalue weighted by atomic mass is 9.99. The summed E-state index contributed by atoms with van der Waals surface area (Å²) in [7, 11) is -3.21. The molecule has 150 valence electrons. The van der Waals surface area contributed by atoms with E-state index in [1.165, 1.54) is 24.7 Å². The van der Waals surface area contributed by atoms with Gasteiger partial charge in [-0.2, -0.15) is 0 Å². The molecule has 1 aromatic heterocycles. The van der Waals surface area contributed by atoms with Gasteiger partial charge in [0.15, 0.2) is 9.84 Å². The number of anilines is 2. The summed E-state index contributed by atoms with van der Waals surface area (Å²) < 4.78 is 23.8. The van der Waals surface area contributed by atoms with Crippen molar-refractivity contribution >= 4 is 21.5 Å². The molecule has 7 heteroatoms. The van der Waals surface area contributed by atoms with Gasteiger partial charge in [0.2, 0.25) is 5.95 Å². The van der Waals surface area contributed by atoms with Crippen LogP contribution >= 0.6 is 0 Å². The van der Waals surface area contributed by atoms with Crippen LogP contribution in [-0.2, 0) is 9.84 Å². The molecule has 1 unspecified atom stereocenters. The molecular weight excluding hydrogens is 372 g/mol. The molecule has 1 atom stereocenters. The SMILES string of the molecule is CC(C)C1CN(c2cccc(S(C)(=O)=O)c2)CCN1c1ncc(C2CC2)cn1. The van der Waals surface area contributed by atoms with Gasteiger partial charge in [0.1, 0.15) is 0 Å². The molecule has 0 N–H and O–H groups in total. The van der Waals surface area contributed by atoms with E-state index in [9.17, 15) is 8.42 Å². The van der Waals surface area contributed by atoms with E-state index in [4.69, 9.17) is 0 Å². The van der Waals surface area contributed by atoms with Gasteiger partial charge in [-0.15, -0.1) is 0 Å². The first-order valence-corrected chi connectivity index (χ1v) is 11.9. The van der Waals surface area contributed by atoms with Gasteiger partial charge in [0.05, 0.1) is 10.9 Å². The second kappa shape index (κ2) is 7.35. The molecule has 28 heavy (non-hydrogen) atoms. The van der Waals surface area contributed by atoms with Crippen molar-refractivity contribution < 1.29 is 8.42 Å². The Hall–Kier alpha value is -2.15. The minimum absolute atomic E-state index is 0.266. The van der Waals surface area contributed by atoms with E-state index in [1.54, 1.807) is 12.1 Å². The van der Waals surface area contributed by atoms with Crippen LogP contribution in [0.25, 0.3) is 0 Å². The second-order valence-electron chi connectivity index (χ2n) is 8.31. The average Bonchev–Trinajstić information content (AvgIpc) is 3.52. The largest absolute Gasteiger partial charge is 0.368 e. The van der Waals surface area contributed by atoms with Gasteiger partial charge in [0, 0.05) is 44.0 Å². The smallest absolute Gasteiger partial charge is 0.225 e. The topological polar surface area (TPSA) is 66.4 Å². The molecule has 0 radical (unpaired) electrons. The molecule has 0 bridgehead atoms. The summed E-state index contributed by atoms with van der Waals surface area (Å²) in [6.07, 6.45) is 7.73. The first-order valence-electron chi connectivity index (χ1n) is 9.96. The maximum Gasteiger partial charge on any atom is 0.225 e. The average molecular weight is 401 g/mol. The Morgan fingerprint density at radius 2 is 1.82 bits per heavy atom. The van der Waals surface area contributed by atoms with Gasteiger partial charge in [-0.05, 0) is 48.4 Å². The number of hydrogen-bond acceptors (Lipinski definition) is 6. The third kappa shape index (κ3) is 3.99. The Balaban J connectivity index is 1.55. The van der Waals surface area contributed by atoms with Crippen LogP contribution in [0.1, 0.15) is 38.2 Å². The van der Waals surface area contributed by atoms with Crippen LogP contribution in [0, 0.1) is 5.92 Å². The van der Waals surface area contributed by atoms with Gasteiger partial charge >= 0.3 is 0 Å². The third-order valence-corrected chi connectivity index (χ3v) is 6.87. The van der Waals surface area contributed by atoms with Crippen molar-refractivity contribution in [2.45, 2.75) is 43.5 Å². The highest BCUT2D eigenvalue weighted by Gasteiger charge is 2.32. The lowest BCUT2D eigenvalue weighted by Gasteiger charge is -2.44. The van der Waals surface area contributed by atoms with Crippen molar-refractivity contribution in [2.24, 2.45) is 5.92 Å². The van der Waals surface area contributed by atoms with Crippen LogP contribution in [0.4, 0.5) is 11.6 Å². The number of sulfone groups is 1. The summed E-state index contributed by atoms with van der Waals surface area (Å²) in [4.78, 5) is 14.3. The standard InChI is InChI=1S/C21H28N4O2S/c1-15(2)20-14-24(18-5-4-6-19(11-18)28(3,26)27)9-10-25(20)21-22-12-17(13-23-21)16-7-8-16/h4-6,11-13,15-16,20H,7-10,14H2,1-3H3. The van der Waals surface area contributed by atoms with Gasteiger partial charge in [0.25, 0.3) is 0 Å². The van der Waals surface area contributed by atoms with Gasteiger partial charge in [-0.25, -0.2) is 18.4 Å². The normalized spacial score (nSPS) is 20.6. The molecular formula is C21H28N4O2S. The van der Waals surface area contributed by atoms with E-state index in [1.807, 2.05) is 24.5 Å². The molecule has 0 spiro atoms. The first-order chi connectivity index (χ1) is 13.3. The number of piperazine rings is 1. The van der Waals surface area contributed by atoms with Crippen molar-refractivity contribution in [1.29, 1.82) is 0 Å². The number of hydrogen-bond donors (Lipinski definition) is 0. The van der Waals surface area contributed by atoms with Gasteiger partial charge < -0.3 is 9.80 Å². The summed E-state index contributed by atoms with van der Waals surface area (Å²) in [6.45, 7) is 6.87. The van der Waals surface area contributed by atoms with E-state index in [-0.39, 0.29) is 6.04 Å². The first kappa shape index (κ1) is 19.2. The van der Waals surface area contributed by atoms with Crippen LogP contribution in [-0.4, -0.2) is 50.3 Å². The number of nitrogens with zero attached hydrogens (tertiary/aromatic N) is 4. The predicted molar refractivity (Wildman–Crippen MR) is 112 cm³/mol. The Morgan fingerprint density at radius 1 is 1.11 bits per heavy atom. The fourth-order valence-electron chi connectivity index (χ4n) is 3.88. The Morgan fingerprint density at radius 3 is 2.43 bits per heavy atom. The number of rotatable bonds is 5. The van der Waals surface area contributed by atoms with E-state index >= 15 is 0 Å². The van der Waals surface area contributed by atoms with E-state index in [0.717, 1.165) is 31.3 Å². The molecule has 1 saturated heterocycles. The summed E-state index contributed by atoms with van der Waals surface area (Å²) in [5, 5.41) is 0. The van der Waals surface area contributed by atoms with E-state index < -0.39 is 9.84 Å². The Kier molecular flexibility index (Phi) is 5.04. The fourth-order valence-corrected chi connectivity index (χ4v) is 4.54. The van der Waals surface area contributed by atoms with Crippen molar-refractivity contribution in [1.82, 2.24) is 9.97 Å². The predicted octanol–water partition coefficient (Wildman–Crippen LogP) is 3.11. The zero-order valence-electron chi connectivity index (χ0n) is 16.7. The van der Waals surface area contributed by atoms with Gasteiger partial charge in [-0.3, -0.25) is 0 Å². The van der Waals surface area contributed by atoms with Gasteiger partial charge in [-0.1, -0.05) is 19.9 Å². The Labute approximate surface area is 167 Å². The summed E-state index contributed by atoms with van der Waals surface area (Å²) in [6, 6.07) is 7.51. The zero-order valence-corrected chi connectivity index (χ0v) is 17.6. The maximum atomic E-state index is 11.9. The third-order valence-electron chi connectivity index (χ3n) is 5.76. The van der Waals surface area contributed by atoms with Crippen LogP contribution in [0.3, 0.4) is 0 Å². The minimum Gasteiger partial charge on any atom is -0.368 e. The van der Waals surface area contributed by atoms with Crippen molar-refractivity contribution in [3.05, 3.63) is 42.2 Å². The fraction of sp³-hybridized carbons (Fsp3) is 0.524. The lowest BCUT2D eigenvalue weighted by molar-refractivity contribution is 0.413. The van der Waals surface area contributed by atoms with Crippen LogP contribution in [0.15, 0.2) is 41.6 Å². The molecule has 1 aliphatic carbocycles. The molecule has 1 aromatic carbocycles. The molecule has 1 saturated carbocycles. The summed E-state index contributed by atoms with van der Waals surface area (Å²) >= 11 is 0. The van der Waals surface area contributed by atoms with Crippen LogP contribution in [0.2, 0.25) is 0 Å². The van der Waals surface area contributed by atoms with E-state index in [2.05, 4.69) is 33.6 Å². The van der Waals surface area contributed by atoms with Crippen LogP contribution < -0.4 is 9.80 Å². The zero-order chi connectivity index (χ0) is 19.9. The van der Waals surface area contributed by atoms with Crippen molar-refractivity contribution in [3.63, 3.8) is 0 Å². The molecule has 0 amide bonds. The second-order valence-corrected chi connectivity index (χ2v) is 10.3. The molecule has 2 heterocycles. The number of benzene rings is 1. The highest BCUT2D eigenvalue weighted by Crippen LogP contribution is 2.39.